The van der Waals surface area contributed by atoms with Crippen LogP contribution in [0.15, 0.2) is 51.8 Å². The summed E-state index contributed by atoms with van der Waals surface area (Å²) in [6.07, 6.45) is 0.746. The fourth-order valence-corrected chi connectivity index (χ4v) is 4.91. The Hall–Kier alpha value is -1.90. The van der Waals surface area contributed by atoms with Crippen LogP contribution < -0.4 is 9.64 Å². The molecule has 2 aromatic carbocycles. The van der Waals surface area contributed by atoms with Crippen molar-refractivity contribution in [1.29, 1.82) is 0 Å². The highest BCUT2D eigenvalue weighted by atomic mass is 79.9. The number of amides is 1. The van der Waals surface area contributed by atoms with Crippen LogP contribution in [-0.2, 0) is 21.2 Å². The lowest BCUT2D eigenvalue weighted by atomic mass is 10.1. The van der Waals surface area contributed by atoms with Gasteiger partial charge < -0.3 is 9.64 Å². The van der Waals surface area contributed by atoms with Crippen LogP contribution in [0, 0.1) is 0 Å². The van der Waals surface area contributed by atoms with Crippen LogP contribution in [-0.4, -0.2) is 44.9 Å². The molecule has 0 saturated carbocycles. The SMILES string of the molecule is CCOc1ccc(S(=O)(=O)N(C)CC(=O)N2c3ccc(Br)cc3CC2C)cc1. The van der Waals surface area contributed by atoms with Crippen molar-refractivity contribution < 1.29 is 17.9 Å². The van der Waals surface area contributed by atoms with Gasteiger partial charge in [-0.1, -0.05) is 15.9 Å². The molecule has 1 heterocycles. The monoisotopic (exact) mass is 466 g/mol. The molecule has 28 heavy (non-hydrogen) atoms. The fraction of sp³-hybridized carbons (Fsp3) is 0.350. The van der Waals surface area contributed by atoms with E-state index in [2.05, 4.69) is 15.9 Å². The number of nitrogens with zero attached hydrogens (tertiary/aromatic N) is 2. The predicted molar refractivity (Wildman–Crippen MR) is 112 cm³/mol. The standard InChI is InChI=1S/C20H23BrN2O4S/c1-4-27-17-6-8-18(9-7-17)28(25,26)22(3)13-20(24)23-14(2)11-15-12-16(21)5-10-19(15)23/h5-10,12,14H,4,11,13H2,1-3H3. The summed E-state index contributed by atoms with van der Waals surface area (Å²) in [5.74, 6) is 0.361. The van der Waals surface area contributed by atoms with Crippen molar-refractivity contribution >= 4 is 37.5 Å². The smallest absolute Gasteiger partial charge is 0.243 e. The lowest BCUT2D eigenvalue weighted by molar-refractivity contribution is -0.118. The Kier molecular flexibility index (Phi) is 6.12. The van der Waals surface area contributed by atoms with Gasteiger partial charge in [0.15, 0.2) is 0 Å². The van der Waals surface area contributed by atoms with Gasteiger partial charge in [-0.2, -0.15) is 4.31 Å². The zero-order chi connectivity index (χ0) is 20.5. The number of sulfonamides is 1. The maximum atomic E-state index is 12.9. The summed E-state index contributed by atoms with van der Waals surface area (Å²) in [4.78, 5) is 14.7. The minimum atomic E-state index is -3.77. The molecule has 1 atom stereocenters. The van der Waals surface area contributed by atoms with Gasteiger partial charge in [-0.15, -0.1) is 0 Å². The lowest BCUT2D eigenvalue weighted by Gasteiger charge is -2.25. The molecule has 0 radical (unpaired) electrons. The maximum absolute atomic E-state index is 12.9. The second-order valence-electron chi connectivity index (χ2n) is 6.76. The van der Waals surface area contributed by atoms with E-state index in [1.165, 1.54) is 19.2 Å². The Morgan fingerprint density at radius 1 is 1.25 bits per heavy atom. The van der Waals surface area contributed by atoms with Crippen molar-refractivity contribution in [2.75, 3.05) is 25.1 Å². The first kappa shape index (κ1) is 20.8. The first-order valence-corrected chi connectivity index (χ1v) is 11.3. The third-order valence-corrected chi connectivity index (χ3v) is 7.04. The summed E-state index contributed by atoms with van der Waals surface area (Å²) < 4.78 is 33.1. The number of carbonyl (C=O) groups is 1. The van der Waals surface area contributed by atoms with Crippen LogP contribution >= 0.6 is 15.9 Å². The molecule has 6 nitrogen and oxygen atoms in total. The molecular weight excluding hydrogens is 444 g/mol. The molecule has 3 rings (SSSR count). The number of fused-ring (bicyclic) bond motifs is 1. The van der Waals surface area contributed by atoms with E-state index < -0.39 is 10.0 Å². The van der Waals surface area contributed by atoms with Crippen LogP contribution in [0.5, 0.6) is 5.75 Å². The van der Waals surface area contributed by atoms with Gasteiger partial charge in [0.05, 0.1) is 18.0 Å². The zero-order valence-electron chi connectivity index (χ0n) is 16.1. The number of hydrogen-bond donors (Lipinski definition) is 0. The Balaban J connectivity index is 1.77. The van der Waals surface area contributed by atoms with E-state index in [0.29, 0.717) is 12.4 Å². The third-order valence-electron chi connectivity index (χ3n) is 4.73. The van der Waals surface area contributed by atoms with E-state index >= 15 is 0 Å². The third kappa shape index (κ3) is 4.09. The van der Waals surface area contributed by atoms with E-state index in [4.69, 9.17) is 4.74 Å². The molecule has 0 aromatic heterocycles. The zero-order valence-corrected chi connectivity index (χ0v) is 18.5. The number of carbonyl (C=O) groups excluding carboxylic acids is 1. The van der Waals surface area contributed by atoms with Gasteiger partial charge in [0, 0.05) is 23.2 Å². The minimum absolute atomic E-state index is 0.0154. The number of halogens is 1. The van der Waals surface area contributed by atoms with Crippen LogP contribution in [0.3, 0.4) is 0 Å². The van der Waals surface area contributed by atoms with Gasteiger partial charge >= 0.3 is 0 Å². The summed E-state index contributed by atoms with van der Waals surface area (Å²) in [6, 6.07) is 12.0. The number of hydrogen-bond acceptors (Lipinski definition) is 4. The molecule has 0 fully saturated rings. The van der Waals surface area contributed by atoms with Crippen LogP contribution in [0.2, 0.25) is 0 Å². The summed E-state index contributed by atoms with van der Waals surface area (Å²) >= 11 is 3.45. The van der Waals surface area contributed by atoms with E-state index in [0.717, 1.165) is 26.4 Å². The minimum Gasteiger partial charge on any atom is -0.494 e. The highest BCUT2D eigenvalue weighted by molar-refractivity contribution is 9.10. The average molecular weight is 467 g/mol. The molecular formula is C20H23BrN2O4S. The van der Waals surface area contributed by atoms with Gasteiger partial charge in [-0.25, -0.2) is 8.42 Å². The summed E-state index contributed by atoms with van der Waals surface area (Å²) in [5, 5.41) is 0. The fourth-order valence-electron chi connectivity index (χ4n) is 3.39. The highest BCUT2D eigenvalue weighted by Gasteiger charge is 2.33. The topological polar surface area (TPSA) is 66.9 Å². The van der Waals surface area contributed by atoms with Gasteiger partial charge in [0.1, 0.15) is 5.75 Å². The molecule has 150 valence electrons. The Bertz CT molecular complexity index is 976. The molecule has 0 aliphatic carbocycles. The number of ether oxygens (including phenoxy) is 1. The normalized spacial score (nSPS) is 16.3. The number of anilines is 1. The van der Waals surface area contributed by atoms with Crippen LogP contribution in [0.4, 0.5) is 5.69 Å². The summed E-state index contributed by atoms with van der Waals surface area (Å²) in [7, 11) is -2.35. The molecule has 1 unspecified atom stereocenters. The predicted octanol–water partition coefficient (Wildman–Crippen LogP) is 3.45. The quantitative estimate of drug-likeness (QED) is 0.653. The maximum Gasteiger partial charge on any atom is 0.243 e. The molecule has 0 saturated heterocycles. The molecule has 8 heteroatoms. The van der Waals surface area contributed by atoms with E-state index in [9.17, 15) is 13.2 Å². The first-order valence-electron chi connectivity index (χ1n) is 9.03. The number of rotatable bonds is 6. The van der Waals surface area contributed by atoms with Crippen molar-refractivity contribution in [3.8, 4) is 5.75 Å². The molecule has 1 amide bonds. The molecule has 0 spiro atoms. The lowest BCUT2D eigenvalue weighted by Crippen LogP contribution is -2.43. The molecule has 0 bridgehead atoms. The van der Waals surface area contributed by atoms with Gasteiger partial charge in [-0.3, -0.25) is 4.79 Å². The van der Waals surface area contributed by atoms with Crippen LogP contribution in [0.1, 0.15) is 19.4 Å². The summed E-state index contributed by atoms with van der Waals surface area (Å²) in [6.45, 7) is 4.11. The van der Waals surface area contributed by atoms with Gasteiger partial charge in [0.25, 0.3) is 0 Å². The molecule has 0 N–H and O–H groups in total. The number of likely N-dealkylation sites (N-methyl/N-ethyl adjacent to an activating group) is 1. The second-order valence-corrected chi connectivity index (χ2v) is 9.72. The van der Waals surface area contributed by atoms with Crippen molar-refractivity contribution in [3.63, 3.8) is 0 Å². The van der Waals surface area contributed by atoms with E-state index in [1.54, 1.807) is 17.0 Å². The van der Waals surface area contributed by atoms with Crippen molar-refractivity contribution in [2.45, 2.75) is 31.2 Å². The van der Waals surface area contributed by atoms with Crippen molar-refractivity contribution in [3.05, 3.63) is 52.5 Å². The number of benzene rings is 2. The first-order chi connectivity index (χ1) is 13.2. The van der Waals surface area contributed by atoms with Gasteiger partial charge in [-0.05, 0) is 68.3 Å². The van der Waals surface area contributed by atoms with Gasteiger partial charge in [0.2, 0.25) is 15.9 Å². The van der Waals surface area contributed by atoms with Crippen molar-refractivity contribution in [1.82, 2.24) is 4.31 Å². The highest BCUT2D eigenvalue weighted by Crippen LogP contribution is 2.34. The Morgan fingerprint density at radius 2 is 1.93 bits per heavy atom. The Labute approximate surface area is 174 Å². The molecule has 2 aromatic rings. The van der Waals surface area contributed by atoms with Crippen LogP contribution in [0.25, 0.3) is 0 Å². The molecule has 1 aliphatic rings. The largest absolute Gasteiger partial charge is 0.494 e. The summed E-state index contributed by atoms with van der Waals surface area (Å²) in [5.41, 5.74) is 1.92. The Morgan fingerprint density at radius 3 is 2.57 bits per heavy atom. The molecule has 1 aliphatic heterocycles. The average Bonchev–Trinajstić information content (AvgIpc) is 2.97. The van der Waals surface area contributed by atoms with E-state index in [1.807, 2.05) is 32.0 Å². The second kappa shape index (κ2) is 8.23. The van der Waals surface area contributed by atoms with Crippen molar-refractivity contribution in [2.24, 2.45) is 0 Å². The van der Waals surface area contributed by atoms with E-state index in [-0.39, 0.29) is 23.4 Å².